The van der Waals surface area contributed by atoms with E-state index in [1.807, 2.05) is 36.4 Å². The zero-order valence-corrected chi connectivity index (χ0v) is 13.8. The molecule has 0 atom stereocenters. The van der Waals surface area contributed by atoms with E-state index in [1.165, 1.54) is 17.7 Å². The van der Waals surface area contributed by atoms with E-state index in [2.05, 4.69) is 6.58 Å². The van der Waals surface area contributed by atoms with Crippen LogP contribution in [0.1, 0.15) is 23.1 Å². The van der Waals surface area contributed by atoms with Crippen molar-refractivity contribution in [3.05, 3.63) is 88.0 Å². The van der Waals surface area contributed by atoms with Crippen LogP contribution in [0.4, 0.5) is 5.69 Å². The van der Waals surface area contributed by atoms with Crippen molar-refractivity contribution in [1.29, 1.82) is 0 Å². The Kier molecular flexibility index (Phi) is 6.65. The van der Waals surface area contributed by atoms with Gasteiger partial charge in [0, 0.05) is 18.2 Å². The summed E-state index contributed by atoms with van der Waals surface area (Å²) in [7, 11) is 0. The van der Waals surface area contributed by atoms with Crippen molar-refractivity contribution >= 4 is 23.8 Å². The molecule has 0 unspecified atom stereocenters. The number of rotatable bonds is 8. The van der Waals surface area contributed by atoms with Crippen LogP contribution in [0.2, 0.25) is 0 Å². The fraction of sp³-hybridized carbons (Fsp3) is 0.150. The molecular formula is C20H19NO4. The Balaban J connectivity index is 1.86. The summed E-state index contributed by atoms with van der Waals surface area (Å²) in [5.74, 6) is -0.397. The fourth-order valence-electron chi connectivity index (χ4n) is 2.20. The van der Waals surface area contributed by atoms with Crippen LogP contribution in [0.15, 0.2) is 61.2 Å². The third kappa shape index (κ3) is 6.06. The van der Waals surface area contributed by atoms with E-state index in [0.717, 1.165) is 30.0 Å². The van der Waals surface area contributed by atoms with Gasteiger partial charge in [0.15, 0.2) is 0 Å². The first kappa shape index (κ1) is 18.1. The third-order valence-electron chi connectivity index (χ3n) is 3.57. The summed E-state index contributed by atoms with van der Waals surface area (Å²) < 4.78 is 4.94. The molecular weight excluding hydrogens is 318 g/mol. The minimum absolute atomic E-state index is 0.0836. The number of carbonyl (C=O) groups is 1. The second-order valence-corrected chi connectivity index (χ2v) is 5.40. The molecule has 0 aromatic heterocycles. The summed E-state index contributed by atoms with van der Waals surface area (Å²) in [5, 5.41) is 10.6. The number of carbonyl (C=O) groups excluding carboxylic acids is 1. The number of hydrogen-bond acceptors (Lipinski definition) is 4. The largest absolute Gasteiger partial charge is 0.463 e. The molecule has 0 aliphatic rings. The molecule has 0 aliphatic heterocycles. The van der Waals surface area contributed by atoms with Crippen LogP contribution in [0.25, 0.3) is 12.2 Å². The van der Waals surface area contributed by atoms with Gasteiger partial charge in [-0.1, -0.05) is 43.0 Å². The maximum Gasteiger partial charge on any atom is 0.330 e. The van der Waals surface area contributed by atoms with E-state index >= 15 is 0 Å². The molecule has 2 aromatic rings. The van der Waals surface area contributed by atoms with E-state index in [4.69, 9.17) is 4.74 Å². The quantitative estimate of drug-likeness (QED) is 0.178. The molecule has 0 saturated heterocycles. The number of nitro benzene ring substituents is 1. The average molecular weight is 337 g/mol. The van der Waals surface area contributed by atoms with Crippen molar-refractivity contribution in [2.75, 3.05) is 6.61 Å². The first-order chi connectivity index (χ1) is 12.1. The molecule has 0 radical (unpaired) electrons. The average Bonchev–Trinajstić information content (AvgIpc) is 2.64. The summed E-state index contributed by atoms with van der Waals surface area (Å²) in [6, 6.07) is 14.5. The molecule has 0 heterocycles. The Morgan fingerprint density at radius 1 is 1.04 bits per heavy atom. The van der Waals surface area contributed by atoms with E-state index in [-0.39, 0.29) is 5.69 Å². The highest BCUT2D eigenvalue weighted by molar-refractivity contribution is 5.81. The van der Waals surface area contributed by atoms with Crippen LogP contribution in [-0.2, 0) is 16.0 Å². The maximum atomic E-state index is 10.9. The molecule has 0 amide bonds. The van der Waals surface area contributed by atoms with Gasteiger partial charge in [-0.25, -0.2) is 4.79 Å². The molecule has 2 rings (SSSR count). The van der Waals surface area contributed by atoms with Gasteiger partial charge in [0.1, 0.15) is 0 Å². The van der Waals surface area contributed by atoms with Gasteiger partial charge in [0.05, 0.1) is 11.5 Å². The Labute approximate surface area is 146 Å². The lowest BCUT2D eigenvalue weighted by atomic mass is 10.1. The van der Waals surface area contributed by atoms with Crippen molar-refractivity contribution in [3.8, 4) is 0 Å². The van der Waals surface area contributed by atoms with Gasteiger partial charge in [-0.2, -0.15) is 0 Å². The number of non-ortho nitro benzene ring substituents is 1. The molecule has 5 heteroatoms. The number of esters is 1. The molecule has 0 fully saturated rings. The smallest absolute Gasteiger partial charge is 0.330 e. The van der Waals surface area contributed by atoms with Gasteiger partial charge in [0.2, 0.25) is 0 Å². The third-order valence-corrected chi connectivity index (χ3v) is 3.57. The van der Waals surface area contributed by atoms with Gasteiger partial charge in [-0.15, -0.1) is 0 Å². The Morgan fingerprint density at radius 3 is 2.12 bits per heavy atom. The van der Waals surface area contributed by atoms with Crippen LogP contribution in [0, 0.1) is 10.1 Å². The molecule has 128 valence electrons. The first-order valence-electron chi connectivity index (χ1n) is 7.89. The summed E-state index contributed by atoms with van der Waals surface area (Å²) in [6.07, 6.45) is 6.62. The molecule has 0 spiro atoms. The summed E-state index contributed by atoms with van der Waals surface area (Å²) >= 11 is 0. The van der Waals surface area contributed by atoms with Crippen molar-refractivity contribution < 1.29 is 14.5 Å². The van der Waals surface area contributed by atoms with Crippen molar-refractivity contribution in [3.63, 3.8) is 0 Å². The number of ether oxygens (including phenoxy) is 1. The van der Waals surface area contributed by atoms with Crippen molar-refractivity contribution in [2.45, 2.75) is 12.8 Å². The number of nitro groups is 1. The van der Waals surface area contributed by atoms with Crippen LogP contribution in [-0.4, -0.2) is 17.5 Å². The minimum Gasteiger partial charge on any atom is -0.463 e. The highest BCUT2D eigenvalue weighted by Crippen LogP contribution is 2.15. The number of aryl methyl sites for hydroxylation is 1. The molecule has 25 heavy (non-hydrogen) atoms. The van der Waals surface area contributed by atoms with Crippen LogP contribution in [0.3, 0.4) is 0 Å². The minimum atomic E-state index is -0.412. The molecule has 0 bridgehead atoms. The van der Waals surface area contributed by atoms with Gasteiger partial charge in [0.25, 0.3) is 5.69 Å². The number of nitrogens with zero attached hydrogens (tertiary/aromatic N) is 1. The Bertz CT molecular complexity index is 761. The molecule has 0 N–H and O–H groups in total. The summed E-state index contributed by atoms with van der Waals surface area (Å²) in [6.45, 7) is 3.73. The zero-order chi connectivity index (χ0) is 18.1. The van der Waals surface area contributed by atoms with E-state index < -0.39 is 10.9 Å². The van der Waals surface area contributed by atoms with Crippen LogP contribution in [0.5, 0.6) is 0 Å². The number of benzene rings is 2. The fourth-order valence-corrected chi connectivity index (χ4v) is 2.20. The summed E-state index contributed by atoms with van der Waals surface area (Å²) in [4.78, 5) is 21.1. The molecule has 0 aliphatic carbocycles. The molecule has 0 saturated carbocycles. The highest BCUT2D eigenvalue weighted by atomic mass is 16.6. The zero-order valence-electron chi connectivity index (χ0n) is 13.8. The van der Waals surface area contributed by atoms with Crippen LogP contribution >= 0.6 is 0 Å². The van der Waals surface area contributed by atoms with Crippen molar-refractivity contribution in [2.24, 2.45) is 0 Å². The lowest BCUT2D eigenvalue weighted by Crippen LogP contribution is -2.02. The van der Waals surface area contributed by atoms with E-state index in [0.29, 0.717) is 6.61 Å². The lowest BCUT2D eigenvalue weighted by molar-refractivity contribution is -0.384. The maximum absolute atomic E-state index is 10.9. The monoisotopic (exact) mass is 337 g/mol. The van der Waals surface area contributed by atoms with Crippen LogP contribution < -0.4 is 0 Å². The Morgan fingerprint density at radius 2 is 1.60 bits per heavy atom. The summed E-state index contributed by atoms with van der Waals surface area (Å²) in [5.41, 5.74) is 3.20. The van der Waals surface area contributed by atoms with Gasteiger partial charge in [-0.3, -0.25) is 10.1 Å². The Hall–Kier alpha value is -3.21. The number of hydrogen-bond donors (Lipinski definition) is 0. The second-order valence-electron chi connectivity index (χ2n) is 5.40. The molecule has 2 aromatic carbocycles. The second kappa shape index (κ2) is 9.17. The topological polar surface area (TPSA) is 69.4 Å². The van der Waals surface area contributed by atoms with Gasteiger partial charge < -0.3 is 4.74 Å². The molecule has 5 nitrogen and oxygen atoms in total. The van der Waals surface area contributed by atoms with Gasteiger partial charge >= 0.3 is 5.97 Å². The predicted octanol–water partition coefficient (Wildman–Crippen LogP) is 4.43. The predicted molar refractivity (Wildman–Crippen MR) is 97.9 cm³/mol. The standard InChI is InChI=1S/C20H19NO4/c1-2-20(22)25-15-3-4-16-5-7-17(8-6-16)9-10-18-11-13-19(14-12-18)21(23)24/h2,5-14H,1,3-4,15H2. The normalized spacial score (nSPS) is 10.6. The SMILES string of the molecule is C=CC(=O)OCCCc1ccc(C=Cc2ccc([N+](=O)[O-])cc2)cc1. The first-order valence-corrected chi connectivity index (χ1v) is 7.89. The lowest BCUT2D eigenvalue weighted by Gasteiger charge is -2.03. The van der Waals surface area contributed by atoms with Crippen molar-refractivity contribution in [1.82, 2.24) is 0 Å². The van der Waals surface area contributed by atoms with E-state index in [1.54, 1.807) is 12.1 Å². The van der Waals surface area contributed by atoms with Gasteiger partial charge in [-0.05, 0) is 41.7 Å². The van der Waals surface area contributed by atoms with E-state index in [9.17, 15) is 14.9 Å². The highest BCUT2D eigenvalue weighted by Gasteiger charge is 2.02.